The Balaban J connectivity index is 2.39. The van der Waals surface area contributed by atoms with Gasteiger partial charge in [-0.05, 0) is 54.0 Å². The van der Waals surface area contributed by atoms with Crippen LogP contribution in [0.3, 0.4) is 0 Å². The lowest BCUT2D eigenvalue weighted by Crippen LogP contribution is -2.44. The highest BCUT2D eigenvalue weighted by Gasteiger charge is 2.27. The third-order valence-corrected chi connectivity index (χ3v) is 4.01. The zero-order valence-electron chi connectivity index (χ0n) is 10.0. The molecule has 0 spiro atoms. The third-order valence-electron chi connectivity index (χ3n) is 3.34. The summed E-state index contributed by atoms with van der Waals surface area (Å²) >= 11 is 2.09. The lowest BCUT2D eigenvalue weighted by atomic mass is 10.0. The van der Waals surface area contributed by atoms with Gasteiger partial charge in [-0.3, -0.25) is 10.1 Å². The fourth-order valence-corrected chi connectivity index (χ4v) is 2.92. The van der Waals surface area contributed by atoms with Gasteiger partial charge in [0.1, 0.15) is 5.69 Å². The second-order valence-electron chi connectivity index (χ2n) is 4.47. The molecule has 1 aromatic carbocycles. The van der Waals surface area contributed by atoms with E-state index in [2.05, 4.69) is 27.5 Å². The molecule has 0 aliphatic carbocycles. The quantitative estimate of drug-likeness (QED) is 0.510. The average molecular weight is 361 g/mol. The SMILES string of the molecule is NCC1CCCCN1c1ccc(I)cc1[N+](=O)[O-]. The Labute approximate surface area is 120 Å². The first kappa shape index (κ1) is 13.5. The highest BCUT2D eigenvalue weighted by Crippen LogP contribution is 2.33. The Kier molecular flexibility index (Phi) is 4.39. The molecule has 0 bridgehead atoms. The number of benzene rings is 1. The van der Waals surface area contributed by atoms with Crippen LogP contribution in [0.15, 0.2) is 18.2 Å². The summed E-state index contributed by atoms with van der Waals surface area (Å²) < 4.78 is 0.879. The van der Waals surface area contributed by atoms with E-state index in [-0.39, 0.29) is 16.7 Å². The van der Waals surface area contributed by atoms with Gasteiger partial charge in [0.2, 0.25) is 0 Å². The number of rotatable bonds is 3. The molecule has 1 unspecified atom stereocenters. The Morgan fingerprint density at radius 1 is 1.50 bits per heavy atom. The second kappa shape index (κ2) is 5.83. The van der Waals surface area contributed by atoms with E-state index in [9.17, 15) is 10.1 Å². The summed E-state index contributed by atoms with van der Waals surface area (Å²) in [4.78, 5) is 12.9. The zero-order valence-corrected chi connectivity index (χ0v) is 12.2. The Morgan fingerprint density at radius 2 is 2.28 bits per heavy atom. The van der Waals surface area contributed by atoms with Crippen LogP contribution in [0.5, 0.6) is 0 Å². The maximum Gasteiger partial charge on any atom is 0.293 e. The minimum Gasteiger partial charge on any atom is -0.362 e. The van der Waals surface area contributed by atoms with Crippen molar-refractivity contribution in [1.82, 2.24) is 0 Å². The van der Waals surface area contributed by atoms with Gasteiger partial charge in [0.05, 0.1) is 4.92 Å². The van der Waals surface area contributed by atoms with Crippen molar-refractivity contribution in [3.8, 4) is 0 Å². The van der Waals surface area contributed by atoms with E-state index < -0.39 is 0 Å². The van der Waals surface area contributed by atoms with Gasteiger partial charge in [-0.1, -0.05) is 0 Å². The fourth-order valence-electron chi connectivity index (χ4n) is 2.45. The van der Waals surface area contributed by atoms with Crippen LogP contribution in [-0.4, -0.2) is 24.1 Å². The number of hydrogen-bond acceptors (Lipinski definition) is 4. The predicted molar refractivity (Wildman–Crippen MR) is 79.9 cm³/mol. The Morgan fingerprint density at radius 3 is 2.94 bits per heavy atom. The summed E-state index contributed by atoms with van der Waals surface area (Å²) in [5, 5.41) is 11.2. The van der Waals surface area contributed by atoms with Gasteiger partial charge in [-0.15, -0.1) is 0 Å². The maximum absolute atomic E-state index is 11.2. The molecule has 2 N–H and O–H groups in total. The minimum atomic E-state index is -0.306. The molecule has 1 aromatic rings. The smallest absolute Gasteiger partial charge is 0.293 e. The van der Waals surface area contributed by atoms with E-state index in [0.717, 1.165) is 29.4 Å². The van der Waals surface area contributed by atoms with E-state index in [1.54, 1.807) is 6.07 Å². The van der Waals surface area contributed by atoms with Crippen LogP contribution < -0.4 is 10.6 Å². The van der Waals surface area contributed by atoms with E-state index in [1.165, 1.54) is 0 Å². The summed E-state index contributed by atoms with van der Waals surface area (Å²) in [7, 11) is 0. The first-order valence-electron chi connectivity index (χ1n) is 6.04. The van der Waals surface area contributed by atoms with Crippen molar-refractivity contribution in [2.75, 3.05) is 18.0 Å². The molecule has 1 atom stereocenters. The van der Waals surface area contributed by atoms with Gasteiger partial charge in [0, 0.05) is 28.8 Å². The number of nitrogens with zero attached hydrogens (tertiary/aromatic N) is 2. The lowest BCUT2D eigenvalue weighted by Gasteiger charge is -2.36. The first-order valence-corrected chi connectivity index (χ1v) is 7.12. The van der Waals surface area contributed by atoms with Gasteiger partial charge >= 0.3 is 0 Å². The molecule has 1 heterocycles. The summed E-state index contributed by atoms with van der Waals surface area (Å²) in [5.41, 5.74) is 6.66. The van der Waals surface area contributed by atoms with Crippen LogP contribution in [0.25, 0.3) is 0 Å². The highest BCUT2D eigenvalue weighted by atomic mass is 127. The number of piperidine rings is 1. The van der Waals surface area contributed by atoms with Crippen LogP contribution in [0, 0.1) is 13.7 Å². The highest BCUT2D eigenvalue weighted by molar-refractivity contribution is 14.1. The summed E-state index contributed by atoms with van der Waals surface area (Å²) in [6.45, 7) is 1.40. The lowest BCUT2D eigenvalue weighted by molar-refractivity contribution is -0.384. The molecule has 5 nitrogen and oxygen atoms in total. The van der Waals surface area contributed by atoms with Gasteiger partial charge in [0.25, 0.3) is 5.69 Å². The molecular formula is C12H16IN3O2. The first-order chi connectivity index (χ1) is 8.63. The predicted octanol–water partition coefficient (Wildman–Crippen LogP) is 2.52. The second-order valence-corrected chi connectivity index (χ2v) is 5.71. The third kappa shape index (κ3) is 2.74. The maximum atomic E-state index is 11.2. The number of halogens is 1. The van der Waals surface area contributed by atoms with Crippen molar-refractivity contribution in [1.29, 1.82) is 0 Å². The van der Waals surface area contributed by atoms with Gasteiger partial charge in [0.15, 0.2) is 0 Å². The molecule has 1 aliphatic heterocycles. The van der Waals surface area contributed by atoms with Crippen molar-refractivity contribution in [3.63, 3.8) is 0 Å². The molecule has 0 aromatic heterocycles. The van der Waals surface area contributed by atoms with Crippen LogP contribution in [0.1, 0.15) is 19.3 Å². The van der Waals surface area contributed by atoms with Crippen molar-refractivity contribution in [2.24, 2.45) is 5.73 Å². The van der Waals surface area contributed by atoms with Crippen LogP contribution >= 0.6 is 22.6 Å². The summed E-state index contributed by atoms with van der Waals surface area (Å²) in [5.74, 6) is 0. The Bertz CT molecular complexity index is 453. The number of nitro benzene ring substituents is 1. The molecule has 1 fully saturated rings. The monoisotopic (exact) mass is 361 g/mol. The van der Waals surface area contributed by atoms with E-state index in [1.807, 2.05) is 12.1 Å². The molecule has 6 heteroatoms. The fraction of sp³-hybridized carbons (Fsp3) is 0.500. The van der Waals surface area contributed by atoms with E-state index >= 15 is 0 Å². The van der Waals surface area contributed by atoms with Crippen molar-refractivity contribution >= 4 is 34.0 Å². The van der Waals surface area contributed by atoms with E-state index in [4.69, 9.17) is 5.73 Å². The number of nitro groups is 1. The largest absolute Gasteiger partial charge is 0.362 e. The van der Waals surface area contributed by atoms with E-state index in [0.29, 0.717) is 12.2 Å². The van der Waals surface area contributed by atoms with Gasteiger partial charge in [-0.25, -0.2) is 0 Å². The Hall–Kier alpha value is -0.890. The number of hydrogen-bond donors (Lipinski definition) is 1. The molecule has 1 saturated heterocycles. The molecule has 0 saturated carbocycles. The number of nitrogens with two attached hydrogens (primary N) is 1. The molecule has 18 heavy (non-hydrogen) atoms. The number of anilines is 1. The van der Waals surface area contributed by atoms with Crippen molar-refractivity contribution in [3.05, 3.63) is 31.9 Å². The molecule has 1 aliphatic rings. The zero-order chi connectivity index (χ0) is 13.1. The van der Waals surface area contributed by atoms with Crippen molar-refractivity contribution in [2.45, 2.75) is 25.3 Å². The topological polar surface area (TPSA) is 72.4 Å². The molecular weight excluding hydrogens is 345 g/mol. The molecule has 0 radical (unpaired) electrons. The van der Waals surface area contributed by atoms with Crippen molar-refractivity contribution < 1.29 is 4.92 Å². The van der Waals surface area contributed by atoms with Crippen LogP contribution in [0.4, 0.5) is 11.4 Å². The normalized spacial score (nSPS) is 19.9. The average Bonchev–Trinajstić information content (AvgIpc) is 2.38. The van der Waals surface area contributed by atoms with Crippen LogP contribution in [-0.2, 0) is 0 Å². The standard InChI is InChI=1S/C12H16IN3O2/c13-9-4-5-11(12(7-9)16(17)18)15-6-2-1-3-10(15)8-14/h4-5,7,10H,1-3,6,8,14H2. The van der Waals surface area contributed by atoms with Gasteiger partial charge in [-0.2, -0.15) is 0 Å². The molecule has 2 rings (SSSR count). The minimum absolute atomic E-state index is 0.183. The summed E-state index contributed by atoms with van der Waals surface area (Å²) in [6, 6.07) is 5.59. The summed E-state index contributed by atoms with van der Waals surface area (Å²) in [6.07, 6.45) is 3.23. The van der Waals surface area contributed by atoms with Crippen LogP contribution in [0.2, 0.25) is 0 Å². The molecule has 98 valence electrons. The molecule has 0 amide bonds. The van der Waals surface area contributed by atoms with Gasteiger partial charge < -0.3 is 10.6 Å².